The van der Waals surface area contributed by atoms with Crippen molar-refractivity contribution in [3.63, 3.8) is 0 Å². The van der Waals surface area contributed by atoms with Crippen LogP contribution in [0.2, 0.25) is 0 Å². The van der Waals surface area contributed by atoms with Crippen molar-refractivity contribution in [1.29, 1.82) is 0 Å². The van der Waals surface area contributed by atoms with E-state index in [2.05, 4.69) is 4.90 Å². The number of piperazine rings is 1. The van der Waals surface area contributed by atoms with Gasteiger partial charge in [0.25, 0.3) is 0 Å². The van der Waals surface area contributed by atoms with E-state index in [0.717, 1.165) is 40.0 Å². The van der Waals surface area contributed by atoms with Crippen LogP contribution in [0.1, 0.15) is 11.3 Å². The number of hydrogen-bond acceptors (Lipinski definition) is 7. The Morgan fingerprint density at radius 2 is 1.75 bits per heavy atom. The molecule has 4 rings (SSSR count). The predicted octanol–water partition coefficient (Wildman–Crippen LogP) is 3.40. The molecule has 1 saturated heterocycles. The van der Waals surface area contributed by atoms with Crippen molar-refractivity contribution >= 4 is 26.5 Å². The topological polar surface area (TPSA) is 72.0 Å². The summed E-state index contributed by atoms with van der Waals surface area (Å²) in [5.74, 6) is 1.03. The lowest BCUT2D eigenvalue weighted by Gasteiger charge is -2.33. The molecule has 0 bridgehead atoms. The van der Waals surface area contributed by atoms with E-state index in [4.69, 9.17) is 14.5 Å². The number of thiazole rings is 1. The summed E-state index contributed by atoms with van der Waals surface area (Å²) in [5, 5.41) is 2.88. The van der Waals surface area contributed by atoms with Gasteiger partial charge in [-0.15, -0.1) is 11.3 Å². The van der Waals surface area contributed by atoms with Crippen molar-refractivity contribution in [2.45, 2.75) is 11.3 Å². The summed E-state index contributed by atoms with van der Waals surface area (Å²) >= 11 is 1.54. The van der Waals surface area contributed by atoms with Gasteiger partial charge in [-0.1, -0.05) is 6.07 Å². The Bertz CT molecular complexity index is 1170. The molecule has 0 saturated carbocycles. The Kier molecular flexibility index (Phi) is 6.63. The zero-order valence-electron chi connectivity index (χ0n) is 17.8. The summed E-state index contributed by atoms with van der Waals surface area (Å²) in [6.07, 6.45) is 0.628. The fraction of sp³-hybridized carbons (Fsp3) is 0.318. The van der Waals surface area contributed by atoms with Crippen molar-refractivity contribution in [2.75, 3.05) is 45.3 Å². The van der Waals surface area contributed by atoms with E-state index < -0.39 is 15.8 Å². The lowest BCUT2D eigenvalue weighted by Crippen LogP contribution is -2.48. The van der Waals surface area contributed by atoms with E-state index in [1.54, 1.807) is 25.6 Å². The minimum atomic E-state index is -3.63. The number of sulfonamides is 1. The maximum atomic E-state index is 13.1. The van der Waals surface area contributed by atoms with Crippen LogP contribution in [-0.4, -0.2) is 58.1 Å². The summed E-state index contributed by atoms with van der Waals surface area (Å²) < 4.78 is 50.9. The van der Waals surface area contributed by atoms with Crippen LogP contribution in [-0.2, 0) is 16.4 Å². The Balaban J connectivity index is 1.41. The lowest BCUT2D eigenvalue weighted by molar-refractivity contribution is 0.384. The molecule has 1 fully saturated rings. The van der Waals surface area contributed by atoms with Gasteiger partial charge in [-0.05, 0) is 30.3 Å². The predicted molar refractivity (Wildman–Crippen MR) is 122 cm³/mol. The maximum Gasteiger partial charge on any atom is 0.243 e. The maximum absolute atomic E-state index is 13.1. The van der Waals surface area contributed by atoms with E-state index in [9.17, 15) is 12.8 Å². The van der Waals surface area contributed by atoms with Crippen molar-refractivity contribution < 1.29 is 22.3 Å². The Labute approximate surface area is 191 Å². The van der Waals surface area contributed by atoms with Gasteiger partial charge in [0, 0.05) is 49.6 Å². The highest BCUT2D eigenvalue weighted by atomic mass is 32.2. The molecule has 1 aliphatic rings. The number of aromatic nitrogens is 1. The SMILES string of the molecule is COc1ccc(Cc2csc(N3CCN(S(=O)(=O)c4ccc(F)cc4)CC3)n2)c(OC)c1. The number of halogens is 1. The van der Waals surface area contributed by atoms with Crippen molar-refractivity contribution in [3.8, 4) is 11.5 Å². The molecule has 1 aliphatic heterocycles. The quantitative estimate of drug-likeness (QED) is 0.520. The van der Waals surface area contributed by atoms with Gasteiger partial charge in [-0.25, -0.2) is 17.8 Å². The van der Waals surface area contributed by atoms with Crippen LogP contribution in [0, 0.1) is 5.82 Å². The third kappa shape index (κ3) is 4.72. The smallest absolute Gasteiger partial charge is 0.243 e. The van der Waals surface area contributed by atoms with Gasteiger partial charge in [0.2, 0.25) is 10.0 Å². The molecule has 0 atom stereocenters. The van der Waals surface area contributed by atoms with Crippen molar-refractivity contribution in [3.05, 3.63) is 64.9 Å². The van der Waals surface area contributed by atoms with E-state index in [1.807, 2.05) is 23.6 Å². The molecule has 0 amide bonds. The first kappa shape index (κ1) is 22.5. The first-order chi connectivity index (χ1) is 15.4. The molecule has 170 valence electrons. The standard InChI is InChI=1S/C22H24FN3O4S2/c1-29-19-6-3-16(21(14-19)30-2)13-18-15-31-22(24-18)25-9-11-26(12-10-25)32(27,28)20-7-4-17(23)5-8-20/h3-8,14-15H,9-13H2,1-2H3. The first-order valence-electron chi connectivity index (χ1n) is 10.1. The molecule has 0 N–H and O–H groups in total. The second kappa shape index (κ2) is 9.43. The van der Waals surface area contributed by atoms with E-state index in [0.29, 0.717) is 32.6 Å². The third-order valence-electron chi connectivity index (χ3n) is 5.37. The molecule has 7 nitrogen and oxygen atoms in total. The normalized spacial score (nSPS) is 15.0. The molecule has 0 radical (unpaired) electrons. The van der Waals surface area contributed by atoms with Crippen LogP contribution in [0.5, 0.6) is 11.5 Å². The number of hydrogen-bond donors (Lipinski definition) is 0. The highest BCUT2D eigenvalue weighted by Crippen LogP contribution is 2.29. The zero-order chi connectivity index (χ0) is 22.7. The monoisotopic (exact) mass is 477 g/mol. The summed E-state index contributed by atoms with van der Waals surface area (Å²) in [6, 6.07) is 10.6. The fourth-order valence-corrected chi connectivity index (χ4v) is 5.89. The molecule has 2 aromatic carbocycles. The number of benzene rings is 2. The minimum Gasteiger partial charge on any atom is -0.497 e. The third-order valence-corrected chi connectivity index (χ3v) is 8.23. The molecule has 32 heavy (non-hydrogen) atoms. The van der Waals surface area contributed by atoms with Crippen LogP contribution in [0.15, 0.2) is 52.7 Å². The number of nitrogens with zero attached hydrogens (tertiary/aromatic N) is 3. The highest BCUT2D eigenvalue weighted by Gasteiger charge is 2.29. The van der Waals surface area contributed by atoms with Gasteiger partial charge < -0.3 is 14.4 Å². The molecule has 0 unspecified atom stereocenters. The van der Waals surface area contributed by atoms with Gasteiger partial charge in [0.05, 0.1) is 24.8 Å². The summed E-state index contributed by atoms with van der Waals surface area (Å²) in [7, 11) is -0.388. The fourth-order valence-electron chi connectivity index (χ4n) is 3.59. The zero-order valence-corrected chi connectivity index (χ0v) is 19.5. The van der Waals surface area contributed by atoms with Crippen LogP contribution in [0.25, 0.3) is 0 Å². The summed E-state index contributed by atoms with van der Waals surface area (Å²) in [6.45, 7) is 1.78. The van der Waals surface area contributed by atoms with Crippen LogP contribution >= 0.6 is 11.3 Å². The first-order valence-corrected chi connectivity index (χ1v) is 12.4. The molecule has 0 aliphatic carbocycles. The molecule has 2 heterocycles. The Morgan fingerprint density at radius 3 is 2.41 bits per heavy atom. The van der Waals surface area contributed by atoms with Gasteiger partial charge in [0.15, 0.2) is 5.13 Å². The van der Waals surface area contributed by atoms with Crippen LogP contribution in [0.3, 0.4) is 0 Å². The highest BCUT2D eigenvalue weighted by molar-refractivity contribution is 7.89. The summed E-state index contributed by atoms with van der Waals surface area (Å²) in [4.78, 5) is 6.95. The van der Waals surface area contributed by atoms with E-state index >= 15 is 0 Å². The van der Waals surface area contributed by atoms with Crippen LogP contribution < -0.4 is 14.4 Å². The van der Waals surface area contributed by atoms with E-state index in [1.165, 1.54) is 16.4 Å². The van der Waals surface area contributed by atoms with Gasteiger partial charge in [0.1, 0.15) is 17.3 Å². The molecule has 1 aromatic heterocycles. The lowest BCUT2D eigenvalue weighted by atomic mass is 10.1. The van der Waals surface area contributed by atoms with Gasteiger partial charge >= 0.3 is 0 Å². The van der Waals surface area contributed by atoms with Crippen molar-refractivity contribution in [1.82, 2.24) is 9.29 Å². The molecule has 0 spiro atoms. The average molecular weight is 478 g/mol. The van der Waals surface area contributed by atoms with Gasteiger partial charge in [-0.2, -0.15) is 4.31 Å². The number of methoxy groups -OCH3 is 2. The van der Waals surface area contributed by atoms with Crippen LogP contribution in [0.4, 0.5) is 9.52 Å². The summed E-state index contributed by atoms with van der Waals surface area (Å²) in [5.41, 5.74) is 1.94. The number of anilines is 1. The Morgan fingerprint density at radius 1 is 1.03 bits per heavy atom. The number of rotatable bonds is 7. The Hall–Kier alpha value is -2.69. The molecular formula is C22H24FN3O4S2. The van der Waals surface area contributed by atoms with Crippen molar-refractivity contribution in [2.24, 2.45) is 0 Å². The average Bonchev–Trinajstić information content (AvgIpc) is 3.28. The largest absolute Gasteiger partial charge is 0.497 e. The second-order valence-electron chi connectivity index (χ2n) is 7.32. The number of ether oxygens (including phenoxy) is 2. The van der Waals surface area contributed by atoms with Gasteiger partial charge in [-0.3, -0.25) is 0 Å². The minimum absolute atomic E-state index is 0.109. The molecular weight excluding hydrogens is 453 g/mol. The molecule has 10 heteroatoms. The van der Waals surface area contributed by atoms with E-state index in [-0.39, 0.29) is 4.90 Å². The molecule has 3 aromatic rings. The second-order valence-corrected chi connectivity index (χ2v) is 10.1.